The number of rotatable bonds is 4. The maximum atomic E-state index is 5.81. The molecular weight excluding hydrogens is 244 g/mol. The number of hydrazine groups is 1. The predicted octanol–water partition coefficient (Wildman–Crippen LogP) is 3.67. The van der Waals surface area contributed by atoms with Gasteiger partial charge in [0.1, 0.15) is 0 Å². The molecule has 1 unspecified atom stereocenters. The SMILES string of the molecule is Cc1ccc(C(Cc2c(C)cccc2C)NN)c(C)c1. The Bertz CT molecular complexity index is 582. The molecule has 0 aromatic heterocycles. The van der Waals surface area contributed by atoms with E-state index in [1.807, 2.05) is 0 Å². The smallest absolute Gasteiger partial charge is 0.0503 e. The Morgan fingerprint density at radius 1 is 0.950 bits per heavy atom. The molecule has 106 valence electrons. The molecule has 0 saturated carbocycles. The molecule has 2 rings (SSSR count). The van der Waals surface area contributed by atoms with E-state index in [1.54, 1.807) is 0 Å². The fourth-order valence-corrected chi connectivity index (χ4v) is 2.85. The molecule has 2 heteroatoms. The molecule has 0 aliphatic rings. The minimum absolute atomic E-state index is 0.149. The lowest BCUT2D eigenvalue weighted by atomic mass is 9.91. The highest BCUT2D eigenvalue weighted by Gasteiger charge is 2.15. The summed E-state index contributed by atoms with van der Waals surface area (Å²) < 4.78 is 0. The average molecular weight is 268 g/mol. The number of aryl methyl sites for hydroxylation is 4. The minimum Gasteiger partial charge on any atom is -0.271 e. The Hall–Kier alpha value is -1.64. The lowest BCUT2D eigenvalue weighted by molar-refractivity contribution is 0.547. The second-order valence-corrected chi connectivity index (χ2v) is 5.65. The molecule has 0 radical (unpaired) electrons. The van der Waals surface area contributed by atoms with E-state index in [9.17, 15) is 0 Å². The van der Waals surface area contributed by atoms with Crippen molar-refractivity contribution in [3.63, 3.8) is 0 Å². The second kappa shape index (κ2) is 6.21. The Balaban J connectivity index is 2.34. The highest BCUT2D eigenvalue weighted by atomic mass is 15.2. The van der Waals surface area contributed by atoms with E-state index < -0.39 is 0 Å². The maximum absolute atomic E-state index is 5.81. The first-order chi connectivity index (χ1) is 9.52. The quantitative estimate of drug-likeness (QED) is 0.656. The second-order valence-electron chi connectivity index (χ2n) is 5.65. The van der Waals surface area contributed by atoms with Crippen molar-refractivity contribution < 1.29 is 0 Å². The topological polar surface area (TPSA) is 38.0 Å². The van der Waals surface area contributed by atoms with Gasteiger partial charge >= 0.3 is 0 Å². The van der Waals surface area contributed by atoms with Gasteiger partial charge in [-0.1, -0.05) is 42.0 Å². The molecule has 0 heterocycles. The first kappa shape index (κ1) is 14.8. The molecule has 2 nitrogen and oxygen atoms in total. The summed E-state index contributed by atoms with van der Waals surface area (Å²) >= 11 is 0. The number of hydrogen-bond donors (Lipinski definition) is 2. The maximum Gasteiger partial charge on any atom is 0.0503 e. The summed E-state index contributed by atoms with van der Waals surface area (Å²) in [7, 11) is 0. The summed E-state index contributed by atoms with van der Waals surface area (Å²) in [4.78, 5) is 0. The molecule has 3 N–H and O–H groups in total. The van der Waals surface area contributed by atoms with Crippen molar-refractivity contribution in [2.24, 2.45) is 5.84 Å². The fraction of sp³-hybridized carbons (Fsp3) is 0.333. The van der Waals surface area contributed by atoms with Crippen LogP contribution in [0.3, 0.4) is 0 Å². The Morgan fingerprint density at radius 2 is 1.60 bits per heavy atom. The summed E-state index contributed by atoms with van der Waals surface area (Å²) in [5, 5.41) is 0. The van der Waals surface area contributed by atoms with Crippen molar-refractivity contribution in [1.29, 1.82) is 0 Å². The summed E-state index contributed by atoms with van der Waals surface area (Å²) in [6.45, 7) is 8.60. The Labute approximate surface area is 122 Å². The van der Waals surface area contributed by atoms with Crippen LogP contribution in [0.5, 0.6) is 0 Å². The van der Waals surface area contributed by atoms with Gasteiger partial charge < -0.3 is 0 Å². The van der Waals surface area contributed by atoms with E-state index in [0.717, 1.165) is 6.42 Å². The third kappa shape index (κ3) is 3.09. The summed E-state index contributed by atoms with van der Waals surface area (Å²) in [6.07, 6.45) is 0.916. The van der Waals surface area contributed by atoms with Crippen molar-refractivity contribution in [3.8, 4) is 0 Å². The van der Waals surface area contributed by atoms with E-state index in [1.165, 1.54) is 33.4 Å². The van der Waals surface area contributed by atoms with Crippen molar-refractivity contribution in [3.05, 3.63) is 69.8 Å². The molecule has 0 aliphatic heterocycles. The van der Waals surface area contributed by atoms with Gasteiger partial charge in [-0.3, -0.25) is 11.3 Å². The minimum atomic E-state index is 0.149. The van der Waals surface area contributed by atoms with Crippen LogP contribution in [0, 0.1) is 27.7 Å². The van der Waals surface area contributed by atoms with Crippen molar-refractivity contribution in [2.45, 2.75) is 40.2 Å². The highest BCUT2D eigenvalue weighted by Crippen LogP contribution is 2.25. The Kier molecular flexibility index (Phi) is 4.58. The van der Waals surface area contributed by atoms with Crippen molar-refractivity contribution >= 4 is 0 Å². The zero-order chi connectivity index (χ0) is 14.7. The van der Waals surface area contributed by atoms with E-state index in [2.05, 4.69) is 69.5 Å². The number of nitrogens with one attached hydrogen (secondary N) is 1. The molecule has 0 amide bonds. The van der Waals surface area contributed by atoms with E-state index in [0.29, 0.717) is 0 Å². The third-order valence-corrected chi connectivity index (χ3v) is 4.05. The van der Waals surface area contributed by atoms with Gasteiger partial charge in [0.05, 0.1) is 6.04 Å². The van der Waals surface area contributed by atoms with E-state index >= 15 is 0 Å². The predicted molar refractivity (Wildman–Crippen MR) is 85.6 cm³/mol. The van der Waals surface area contributed by atoms with Crippen LogP contribution >= 0.6 is 0 Å². The van der Waals surface area contributed by atoms with Crippen LogP contribution in [0.1, 0.15) is 39.4 Å². The van der Waals surface area contributed by atoms with Crippen LogP contribution in [0.25, 0.3) is 0 Å². The van der Waals surface area contributed by atoms with Gasteiger partial charge in [-0.05, 0) is 61.9 Å². The standard InChI is InChI=1S/C18H24N2/c1-12-8-9-16(15(4)10-12)18(20-19)11-17-13(2)6-5-7-14(17)3/h5-10,18,20H,11,19H2,1-4H3. The summed E-state index contributed by atoms with van der Waals surface area (Å²) in [5.41, 5.74) is 10.9. The molecule has 1 atom stereocenters. The number of nitrogens with two attached hydrogens (primary N) is 1. The molecule has 0 bridgehead atoms. The molecule has 20 heavy (non-hydrogen) atoms. The van der Waals surface area contributed by atoms with Gasteiger partial charge in [0, 0.05) is 0 Å². The van der Waals surface area contributed by atoms with Crippen LogP contribution < -0.4 is 11.3 Å². The van der Waals surface area contributed by atoms with Crippen molar-refractivity contribution in [2.75, 3.05) is 0 Å². The molecule has 0 spiro atoms. The zero-order valence-electron chi connectivity index (χ0n) is 12.8. The van der Waals surface area contributed by atoms with Crippen LogP contribution in [0.4, 0.5) is 0 Å². The summed E-state index contributed by atoms with van der Waals surface area (Å²) in [6, 6.07) is 13.1. The molecule has 0 saturated heterocycles. The highest BCUT2D eigenvalue weighted by molar-refractivity contribution is 5.38. The Morgan fingerprint density at radius 3 is 2.15 bits per heavy atom. The van der Waals surface area contributed by atoms with Gasteiger partial charge in [-0.25, -0.2) is 0 Å². The fourth-order valence-electron chi connectivity index (χ4n) is 2.85. The monoisotopic (exact) mass is 268 g/mol. The van der Waals surface area contributed by atoms with E-state index in [-0.39, 0.29) is 6.04 Å². The third-order valence-electron chi connectivity index (χ3n) is 4.05. The van der Waals surface area contributed by atoms with Gasteiger partial charge in [-0.2, -0.15) is 0 Å². The zero-order valence-corrected chi connectivity index (χ0v) is 12.8. The van der Waals surface area contributed by atoms with Crippen LogP contribution in [0.2, 0.25) is 0 Å². The van der Waals surface area contributed by atoms with Gasteiger partial charge in [0.25, 0.3) is 0 Å². The first-order valence-electron chi connectivity index (χ1n) is 7.11. The van der Waals surface area contributed by atoms with Crippen LogP contribution in [-0.2, 0) is 6.42 Å². The van der Waals surface area contributed by atoms with Gasteiger partial charge in [0.15, 0.2) is 0 Å². The number of benzene rings is 2. The molecular formula is C18H24N2. The average Bonchev–Trinajstić information content (AvgIpc) is 2.40. The van der Waals surface area contributed by atoms with E-state index in [4.69, 9.17) is 5.84 Å². The van der Waals surface area contributed by atoms with Gasteiger partial charge in [0.2, 0.25) is 0 Å². The summed E-state index contributed by atoms with van der Waals surface area (Å²) in [5.74, 6) is 5.81. The first-order valence-corrected chi connectivity index (χ1v) is 7.11. The lowest BCUT2D eigenvalue weighted by Crippen LogP contribution is -2.30. The number of hydrogen-bond acceptors (Lipinski definition) is 2. The van der Waals surface area contributed by atoms with Crippen LogP contribution in [-0.4, -0.2) is 0 Å². The molecule has 0 aliphatic carbocycles. The normalized spacial score (nSPS) is 12.4. The molecule has 2 aromatic carbocycles. The van der Waals surface area contributed by atoms with Crippen molar-refractivity contribution in [1.82, 2.24) is 5.43 Å². The largest absolute Gasteiger partial charge is 0.271 e. The lowest BCUT2D eigenvalue weighted by Gasteiger charge is -2.21. The van der Waals surface area contributed by atoms with Gasteiger partial charge in [-0.15, -0.1) is 0 Å². The molecule has 0 fully saturated rings. The molecule has 2 aromatic rings. The van der Waals surface area contributed by atoms with Crippen LogP contribution in [0.15, 0.2) is 36.4 Å².